The van der Waals surface area contributed by atoms with E-state index in [1.807, 2.05) is 0 Å². The molecule has 1 aliphatic rings. The number of H-pyrrole nitrogens is 1. The van der Waals surface area contributed by atoms with Gasteiger partial charge in [0.25, 0.3) is 5.56 Å². The molecule has 2 aromatic heterocycles. The number of hydrogen-bond donors (Lipinski definition) is 7. The number of phosphoric ester groups is 1. The van der Waals surface area contributed by atoms with Crippen LogP contribution in [-0.4, -0.2) is 88.3 Å². The number of nitrogens with zero attached hydrogens (tertiary/aromatic N) is 4. The van der Waals surface area contributed by atoms with Gasteiger partial charge in [-0.25, -0.2) is 18.7 Å². The smallest absolute Gasteiger partial charge is 0.387 e. The van der Waals surface area contributed by atoms with E-state index in [1.165, 1.54) is 4.90 Å². The van der Waals surface area contributed by atoms with Gasteiger partial charge in [-0.15, -0.1) is 0 Å². The number of fused-ring (bicyclic) bond motifs is 1. The molecule has 0 bridgehead atoms. The number of nitrogens with one attached hydrogen (secondary N) is 1. The van der Waals surface area contributed by atoms with E-state index in [1.54, 1.807) is 14.1 Å². The number of anilines is 1. The van der Waals surface area contributed by atoms with Crippen LogP contribution < -0.4 is 10.5 Å². The summed E-state index contributed by atoms with van der Waals surface area (Å²) in [5, 5.41) is 20.6. The Bertz CT molecular complexity index is 1260. The molecule has 192 valence electrons. The van der Waals surface area contributed by atoms with Gasteiger partial charge in [-0.2, -0.15) is 13.6 Å². The van der Waals surface area contributed by atoms with Gasteiger partial charge in [-0.3, -0.25) is 18.9 Å². The Kier molecular flexibility index (Phi) is 7.54. The first kappa shape index (κ1) is 27.0. The summed E-state index contributed by atoms with van der Waals surface area (Å²) in [4.78, 5) is 60.0. The van der Waals surface area contributed by atoms with Crippen molar-refractivity contribution in [3.05, 3.63) is 16.7 Å². The number of aliphatic hydroxyl groups is 2. The Morgan fingerprint density at radius 2 is 1.76 bits per heavy atom. The average Bonchev–Trinajstić information content (AvgIpc) is 3.19. The van der Waals surface area contributed by atoms with Crippen LogP contribution >= 0.6 is 23.5 Å². The third kappa shape index (κ3) is 6.16. The van der Waals surface area contributed by atoms with Gasteiger partial charge in [-0.1, -0.05) is 0 Å². The van der Waals surface area contributed by atoms with Crippen molar-refractivity contribution in [3.8, 4) is 0 Å². The summed E-state index contributed by atoms with van der Waals surface area (Å²) >= 11 is 0. The lowest BCUT2D eigenvalue weighted by Gasteiger charge is -2.19. The molecule has 0 saturated carbocycles. The van der Waals surface area contributed by atoms with Gasteiger partial charge >= 0.3 is 23.5 Å². The van der Waals surface area contributed by atoms with Crippen molar-refractivity contribution in [2.45, 2.75) is 24.5 Å². The zero-order chi connectivity index (χ0) is 25.6. The maximum absolute atomic E-state index is 12.2. The molecule has 34 heavy (non-hydrogen) atoms. The summed E-state index contributed by atoms with van der Waals surface area (Å²) in [7, 11) is -13.6. The van der Waals surface area contributed by atoms with Crippen molar-refractivity contribution in [3.63, 3.8) is 0 Å². The second-order valence-electron chi connectivity index (χ2n) is 7.04. The molecule has 7 N–H and O–H groups in total. The molecule has 19 nitrogen and oxygen atoms in total. The molecular formula is C12H20N5O14P3. The van der Waals surface area contributed by atoms with Gasteiger partial charge in [0.2, 0.25) is 5.95 Å². The minimum atomic E-state index is -5.73. The van der Waals surface area contributed by atoms with E-state index in [-0.39, 0.29) is 17.1 Å². The summed E-state index contributed by atoms with van der Waals surface area (Å²) in [6.45, 7) is -0.998. The monoisotopic (exact) mass is 551 g/mol. The van der Waals surface area contributed by atoms with E-state index in [4.69, 9.17) is 19.4 Å². The Balaban J connectivity index is 1.76. The average molecular weight is 551 g/mol. The van der Waals surface area contributed by atoms with Gasteiger partial charge in [0.15, 0.2) is 17.4 Å². The van der Waals surface area contributed by atoms with Gasteiger partial charge in [0.05, 0.1) is 12.9 Å². The minimum absolute atomic E-state index is 0.0164. The van der Waals surface area contributed by atoms with Crippen molar-refractivity contribution in [1.29, 1.82) is 0 Å². The molecule has 0 radical (unpaired) electrons. The second kappa shape index (κ2) is 9.48. The van der Waals surface area contributed by atoms with Crippen LogP contribution in [0.3, 0.4) is 0 Å². The fourth-order valence-electron chi connectivity index (χ4n) is 2.88. The van der Waals surface area contributed by atoms with Crippen molar-refractivity contribution < 1.29 is 61.4 Å². The molecule has 0 spiro atoms. The quantitative estimate of drug-likeness (QED) is 0.168. The van der Waals surface area contributed by atoms with E-state index in [9.17, 15) is 33.6 Å². The molecule has 22 heteroatoms. The number of aliphatic hydroxyl groups excluding tert-OH is 2. The van der Waals surface area contributed by atoms with E-state index < -0.39 is 60.2 Å². The van der Waals surface area contributed by atoms with Crippen LogP contribution in [0.1, 0.15) is 6.23 Å². The topological polar surface area (TPSA) is 276 Å². The third-order valence-corrected chi connectivity index (χ3v) is 8.08. The summed E-state index contributed by atoms with van der Waals surface area (Å²) in [5.41, 5.74) is -0.713. The largest absolute Gasteiger partial charge is 0.490 e. The number of aromatic nitrogens is 4. The van der Waals surface area contributed by atoms with Crippen LogP contribution in [0.15, 0.2) is 11.1 Å². The predicted molar refractivity (Wildman–Crippen MR) is 108 cm³/mol. The summed E-state index contributed by atoms with van der Waals surface area (Å²) < 4.78 is 52.1. The standard InChI is InChI=1S/C12H20N5O14P3/c1-16(2)12-14-9-6(10(20)15-12)13-4-17(9)11-8(19)7(18)5(29-11)3-28-33(24,25)31-34(26,27)30-32(21,22)23/h4-5,7-8,11,18-19H,3H2,1-2H3,(H,24,25)(H,26,27)(H,14,15,20)(H2,21,22,23)/t5-,7?,8+,11-/m1/s1. The van der Waals surface area contributed by atoms with Crippen LogP contribution in [-0.2, 0) is 31.6 Å². The molecular weight excluding hydrogens is 531 g/mol. The zero-order valence-corrected chi connectivity index (χ0v) is 19.9. The number of hydrogen-bond acceptors (Lipinski definition) is 13. The molecule has 3 rings (SSSR count). The van der Waals surface area contributed by atoms with Crippen LogP contribution in [0.25, 0.3) is 11.2 Å². The highest BCUT2D eigenvalue weighted by Crippen LogP contribution is 2.66. The molecule has 0 aliphatic carbocycles. The molecule has 0 aromatic carbocycles. The first-order valence-corrected chi connectivity index (χ1v) is 13.5. The van der Waals surface area contributed by atoms with Gasteiger partial charge in [-0.05, 0) is 0 Å². The molecule has 0 amide bonds. The first-order valence-electron chi connectivity index (χ1n) is 8.94. The molecule has 1 saturated heterocycles. The summed E-state index contributed by atoms with van der Waals surface area (Å²) in [5.74, 6) is 0.150. The number of aromatic amines is 1. The molecule has 3 unspecified atom stereocenters. The Labute approximate surface area is 189 Å². The third-order valence-electron chi connectivity index (χ3n) is 4.27. The molecule has 6 atom stereocenters. The van der Waals surface area contributed by atoms with Crippen molar-refractivity contribution in [1.82, 2.24) is 19.5 Å². The molecule has 3 heterocycles. The molecule has 1 aliphatic heterocycles. The number of rotatable bonds is 9. The maximum Gasteiger partial charge on any atom is 0.490 e. The van der Waals surface area contributed by atoms with E-state index in [0.29, 0.717) is 0 Å². The highest BCUT2D eigenvalue weighted by atomic mass is 31.3. The van der Waals surface area contributed by atoms with Crippen molar-refractivity contribution in [2.24, 2.45) is 0 Å². The normalized spacial score (nSPS) is 26.9. The van der Waals surface area contributed by atoms with Crippen molar-refractivity contribution >= 4 is 40.6 Å². The zero-order valence-electron chi connectivity index (χ0n) is 17.2. The Hall–Kier alpha value is -1.56. The lowest BCUT2D eigenvalue weighted by atomic mass is 10.1. The van der Waals surface area contributed by atoms with Crippen LogP contribution in [0.4, 0.5) is 5.95 Å². The van der Waals surface area contributed by atoms with Crippen LogP contribution in [0.2, 0.25) is 0 Å². The lowest BCUT2D eigenvalue weighted by Crippen LogP contribution is -2.33. The fraction of sp³-hybridized carbons (Fsp3) is 0.583. The Morgan fingerprint density at radius 3 is 2.35 bits per heavy atom. The molecule has 1 fully saturated rings. The van der Waals surface area contributed by atoms with Crippen molar-refractivity contribution in [2.75, 3.05) is 25.6 Å². The number of imidazole rings is 1. The van der Waals surface area contributed by atoms with Crippen LogP contribution in [0.5, 0.6) is 0 Å². The van der Waals surface area contributed by atoms with E-state index >= 15 is 0 Å². The highest BCUT2D eigenvalue weighted by molar-refractivity contribution is 7.66. The summed E-state index contributed by atoms with van der Waals surface area (Å²) in [6.07, 6.45) is -5.20. The van der Waals surface area contributed by atoms with E-state index in [0.717, 1.165) is 10.9 Å². The van der Waals surface area contributed by atoms with Gasteiger partial charge < -0.3 is 39.4 Å². The summed E-state index contributed by atoms with van der Waals surface area (Å²) in [6, 6.07) is 0. The molecule has 2 aromatic rings. The fourth-order valence-corrected chi connectivity index (χ4v) is 5.91. The number of phosphoric acid groups is 3. The maximum atomic E-state index is 12.2. The first-order chi connectivity index (χ1) is 15.5. The van der Waals surface area contributed by atoms with Gasteiger partial charge in [0, 0.05) is 14.1 Å². The SMILES string of the molecule is CN(C)c1nc2c(ncn2[C@@H]2O[C@H](COP(=O)(O)OP(=O)(O)OP(=O)(O)O)C(O)[C@@H]2O)c(=O)[nH]1. The second-order valence-corrected chi connectivity index (χ2v) is 11.5. The van der Waals surface area contributed by atoms with E-state index in [2.05, 4.69) is 28.1 Å². The van der Waals surface area contributed by atoms with Crippen LogP contribution in [0, 0.1) is 0 Å². The lowest BCUT2D eigenvalue weighted by molar-refractivity contribution is -0.0503. The van der Waals surface area contributed by atoms with Gasteiger partial charge in [0.1, 0.15) is 18.3 Å². The predicted octanol–water partition coefficient (Wildman–Crippen LogP) is -1.85. The Morgan fingerprint density at radius 1 is 1.12 bits per heavy atom. The number of ether oxygens (including phenoxy) is 1. The minimum Gasteiger partial charge on any atom is -0.387 e. The highest BCUT2D eigenvalue weighted by Gasteiger charge is 2.47.